The summed E-state index contributed by atoms with van der Waals surface area (Å²) in [5, 5.41) is 9.57. The van der Waals surface area contributed by atoms with E-state index >= 15 is 0 Å². The van der Waals surface area contributed by atoms with Crippen LogP contribution in [0, 0.1) is 0 Å². The van der Waals surface area contributed by atoms with E-state index in [-0.39, 0.29) is 0 Å². The molecule has 1 rings (SSSR count). The highest BCUT2D eigenvalue weighted by Gasteiger charge is 2.28. The first kappa shape index (κ1) is 15.7. The number of rotatable bonds is 5. The van der Waals surface area contributed by atoms with Crippen LogP contribution in [0.5, 0.6) is 0 Å². The second-order valence-electron chi connectivity index (χ2n) is 5.86. The minimum Gasteiger partial charge on any atom is -0.480 e. The van der Waals surface area contributed by atoms with Crippen molar-refractivity contribution in [2.75, 3.05) is 14.1 Å². The summed E-state index contributed by atoms with van der Waals surface area (Å²) in [5.41, 5.74) is 3.23. The molecule has 1 unspecified atom stereocenters. The number of hydrogen-bond acceptors (Lipinski definition) is 2. The molecule has 106 valence electrons. The Kier molecular flexibility index (Phi) is 5.12. The van der Waals surface area contributed by atoms with Crippen LogP contribution in [0.1, 0.15) is 62.3 Å². The number of benzene rings is 1. The van der Waals surface area contributed by atoms with Gasteiger partial charge in [0.1, 0.15) is 6.04 Å². The Bertz CT molecular complexity index is 424. The lowest BCUT2D eigenvalue weighted by Crippen LogP contribution is -2.29. The Hall–Kier alpha value is -1.35. The predicted octanol–water partition coefficient (Wildman–Crippen LogP) is 3.62. The normalized spacial score (nSPS) is 13.3. The molecule has 1 aromatic rings. The molecule has 0 aliphatic rings. The van der Waals surface area contributed by atoms with E-state index in [1.54, 1.807) is 4.90 Å². The maximum absolute atomic E-state index is 11.6. The maximum atomic E-state index is 11.6. The number of likely N-dealkylation sites (N-methyl/N-ethyl adjacent to an activating group) is 1. The Morgan fingerprint density at radius 1 is 1.05 bits per heavy atom. The molecular formula is C16H25NO2. The molecule has 0 bridgehead atoms. The number of nitrogens with zero attached hydrogens (tertiary/aromatic N) is 1. The first-order chi connectivity index (χ1) is 8.77. The lowest BCUT2D eigenvalue weighted by atomic mass is 9.84. The fraction of sp³-hybridized carbons (Fsp3) is 0.562. The fourth-order valence-corrected chi connectivity index (χ4v) is 2.53. The molecule has 0 fully saturated rings. The molecule has 0 saturated heterocycles. The minimum atomic E-state index is -0.792. The van der Waals surface area contributed by atoms with Crippen LogP contribution in [0.25, 0.3) is 0 Å². The average molecular weight is 263 g/mol. The second kappa shape index (κ2) is 6.20. The van der Waals surface area contributed by atoms with Gasteiger partial charge in [-0.1, -0.05) is 45.9 Å². The van der Waals surface area contributed by atoms with Crippen LogP contribution >= 0.6 is 0 Å². The predicted molar refractivity (Wildman–Crippen MR) is 78.7 cm³/mol. The molecule has 1 aromatic carbocycles. The van der Waals surface area contributed by atoms with Gasteiger partial charge in [-0.05, 0) is 42.6 Å². The van der Waals surface area contributed by atoms with Crippen molar-refractivity contribution < 1.29 is 9.90 Å². The van der Waals surface area contributed by atoms with Crippen LogP contribution in [-0.4, -0.2) is 30.1 Å². The summed E-state index contributed by atoms with van der Waals surface area (Å²) in [4.78, 5) is 13.4. The van der Waals surface area contributed by atoms with Gasteiger partial charge in [0, 0.05) is 0 Å². The fourth-order valence-electron chi connectivity index (χ4n) is 2.53. The van der Waals surface area contributed by atoms with Gasteiger partial charge in [0.15, 0.2) is 0 Å². The van der Waals surface area contributed by atoms with Crippen molar-refractivity contribution in [2.45, 2.75) is 45.6 Å². The van der Waals surface area contributed by atoms with Gasteiger partial charge in [0.25, 0.3) is 0 Å². The van der Waals surface area contributed by atoms with E-state index in [1.807, 2.05) is 32.3 Å². The first-order valence-corrected chi connectivity index (χ1v) is 6.79. The second-order valence-corrected chi connectivity index (χ2v) is 5.86. The molecule has 0 radical (unpaired) electrons. The van der Waals surface area contributed by atoms with E-state index in [0.29, 0.717) is 11.8 Å². The van der Waals surface area contributed by atoms with E-state index in [4.69, 9.17) is 0 Å². The third-order valence-electron chi connectivity index (χ3n) is 3.44. The molecule has 3 nitrogen and oxygen atoms in total. The molecule has 1 N–H and O–H groups in total. The lowest BCUT2D eigenvalue weighted by Gasteiger charge is -2.28. The van der Waals surface area contributed by atoms with Gasteiger partial charge in [-0.3, -0.25) is 9.69 Å². The maximum Gasteiger partial charge on any atom is 0.325 e. The molecule has 3 heteroatoms. The number of carboxylic acids is 1. The van der Waals surface area contributed by atoms with Gasteiger partial charge < -0.3 is 5.11 Å². The summed E-state index contributed by atoms with van der Waals surface area (Å²) in [7, 11) is 3.64. The van der Waals surface area contributed by atoms with Crippen molar-refractivity contribution in [3.8, 4) is 0 Å². The number of carboxylic acid groups (broad SMARTS) is 1. The molecular weight excluding hydrogens is 238 g/mol. The van der Waals surface area contributed by atoms with Crippen molar-refractivity contribution in [3.63, 3.8) is 0 Å². The zero-order valence-electron chi connectivity index (χ0n) is 12.8. The zero-order chi connectivity index (χ0) is 14.7. The summed E-state index contributed by atoms with van der Waals surface area (Å²) in [6, 6.07) is 5.54. The van der Waals surface area contributed by atoms with E-state index in [0.717, 1.165) is 16.7 Å². The molecule has 0 aliphatic heterocycles. The molecule has 0 heterocycles. The Balaban J connectivity index is 3.55. The van der Waals surface area contributed by atoms with Crippen LogP contribution in [0.2, 0.25) is 0 Å². The van der Waals surface area contributed by atoms with Gasteiger partial charge in [-0.25, -0.2) is 0 Å². The standard InChI is InChI=1S/C16H25NO2/c1-10(2)12-8-7-9-13(11(3)4)14(12)15(16(18)19)17(5)6/h7-11,15H,1-6H3,(H,18,19). The topological polar surface area (TPSA) is 40.5 Å². The van der Waals surface area contributed by atoms with E-state index < -0.39 is 12.0 Å². The van der Waals surface area contributed by atoms with Crippen molar-refractivity contribution in [1.82, 2.24) is 4.90 Å². The Morgan fingerprint density at radius 2 is 1.47 bits per heavy atom. The SMILES string of the molecule is CC(C)c1cccc(C(C)C)c1C(C(=O)O)N(C)C. The van der Waals surface area contributed by atoms with Crippen LogP contribution < -0.4 is 0 Å². The van der Waals surface area contributed by atoms with Crippen LogP contribution in [0.15, 0.2) is 18.2 Å². The molecule has 0 aliphatic carbocycles. The highest BCUT2D eigenvalue weighted by Crippen LogP contribution is 2.34. The summed E-state index contributed by atoms with van der Waals surface area (Å²) < 4.78 is 0. The molecule has 0 saturated carbocycles. The van der Waals surface area contributed by atoms with Crippen LogP contribution in [-0.2, 0) is 4.79 Å². The quantitative estimate of drug-likeness (QED) is 0.882. The van der Waals surface area contributed by atoms with Crippen LogP contribution in [0.4, 0.5) is 0 Å². The van der Waals surface area contributed by atoms with E-state index in [9.17, 15) is 9.90 Å². The van der Waals surface area contributed by atoms with E-state index in [2.05, 4.69) is 27.7 Å². The van der Waals surface area contributed by atoms with Gasteiger partial charge in [-0.15, -0.1) is 0 Å². The lowest BCUT2D eigenvalue weighted by molar-refractivity contribution is -0.142. The van der Waals surface area contributed by atoms with Gasteiger partial charge in [0.2, 0.25) is 0 Å². The summed E-state index contributed by atoms with van der Waals surface area (Å²) in [5.74, 6) is -0.161. The molecule has 0 amide bonds. The summed E-state index contributed by atoms with van der Waals surface area (Å²) >= 11 is 0. The number of aliphatic carboxylic acids is 1. The Morgan fingerprint density at radius 3 is 1.74 bits per heavy atom. The minimum absolute atomic E-state index is 0.315. The molecule has 0 aromatic heterocycles. The van der Waals surface area contributed by atoms with E-state index in [1.165, 1.54) is 0 Å². The van der Waals surface area contributed by atoms with Crippen molar-refractivity contribution in [2.24, 2.45) is 0 Å². The highest BCUT2D eigenvalue weighted by molar-refractivity contribution is 5.77. The first-order valence-electron chi connectivity index (χ1n) is 6.79. The van der Waals surface area contributed by atoms with Crippen molar-refractivity contribution in [3.05, 3.63) is 34.9 Å². The monoisotopic (exact) mass is 263 g/mol. The van der Waals surface area contributed by atoms with Crippen molar-refractivity contribution in [1.29, 1.82) is 0 Å². The zero-order valence-corrected chi connectivity index (χ0v) is 12.8. The van der Waals surface area contributed by atoms with Gasteiger partial charge >= 0.3 is 5.97 Å². The van der Waals surface area contributed by atoms with Gasteiger partial charge in [0.05, 0.1) is 0 Å². The molecule has 19 heavy (non-hydrogen) atoms. The summed E-state index contributed by atoms with van der Waals surface area (Å²) in [6.07, 6.45) is 0. The number of carbonyl (C=O) groups is 1. The smallest absolute Gasteiger partial charge is 0.325 e. The van der Waals surface area contributed by atoms with Gasteiger partial charge in [-0.2, -0.15) is 0 Å². The third-order valence-corrected chi connectivity index (χ3v) is 3.44. The number of hydrogen-bond donors (Lipinski definition) is 1. The van der Waals surface area contributed by atoms with Crippen LogP contribution in [0.3, 0.4) is 0 Å². The average Bonchev–Trinajstić information content (AvgIpc) is 2.27. The largest absolute Gasteiger partial charge is 0.480 e. The molecule has 1 atom stereocenters. The molecule has 0 spiro atoms. The highest BCUT2D eigenvalue weighted by atomic mass is 16.4. The van der Waals surface area contributed by atoms with Crippen molar-refractivity contribution >= 4 is 5.97 Å². The Labute approximate surface area is 116 Å². The third kappa shape index (κ3) is 3.35. The summed E-state index contributed by atoms with van der Waals surface area (Å²) in [6.45, 7) is 8.43.